The highest BCUT2D eigenvalue weighted by molar-refractivity contribution is 6.29. The number of rotatable bonds is 2. The van der Waals surface area contributed by atoms with E-state index in [9.17, 15) is 0 Å². The summed E-state index contributed by atoms with van der Waals surface area (Å²) in [4.78, 5) is 5.17. The van der Waals surface area contributed by atoms with E-state index >= 15 is 0 Å². The highest BCUT2D eigenvalue weighted by Gasteiger charge is 2.22. The minimum Gasteiger partial charge on any atom is -0.256 e. The maximum Gasteiger partial charge on any atom is 0.0793 e. The Morgan fingerprint density at radius 3 is 1.10 bits per heavy atom. The molecule has 8 aromatic carbocycles. The van der Waals surface area contributed by atoms with Gasteiger partial charge in [-0.2, -0.15) is 0 Å². The van der Waals surface area contributed by atoms with Crippen LogP contribution in [-0.4, -0.2) is 4.98 Å². The second-order valence-electron chi connectivity index (χ2n) is 11.1. The van der Waals surface area contributed by atoms with E-state index < -0.39 is 0 Å². The van der Waals surface area contributed by atoms with Crippen molar-refractivity contribution in [3.63, 3.8) is 0 Å². The number of aromatic nitrogens is 1. The van der Waals surface area contributed by atoms with Gasteiger partial charge in [0.25, 0.3) is 0 Å². The topological polar surface area (TPSA) is 12.9 Å². The Morgan fingerprint density at radius 2 is 0.619 bits per heavy atom. The zero-order valence-corrected chi connectivity index (χ0v) is 22.9. The molecule has 9 rings (SSSR count). The van der Waals surface area contributed by atoms with Gasteiger partial charge in [-0.15, -0.1) is 0 Å². The quantitative estimate of drug-likeness (QED) is 0.202. The molecule has 0 spiro atoms. The van der Waals surface area contributed by atoms with Crippen molar-refractivity contribution in [3.8, 4) is 22.3 Å². The minimum atomic E-state index is 1.03. The molecular weight excluding hydrogens is 506 g/mol. The van der Waals surface area contributed by atoms with Crippen LogP contribution >= 0.6 is 0 Å². The maximum atomic E-state index is 5.17. The summed E-state index contributed by atoms with van der Waals surface area (Å²) in [6.45, 7) is 0. The smallest absolute Gasteiger partial charge is 0.0793 e. The van der Waals surface area contributed by atoms with Crippen LogP contribution in [0.3, 0.4) is 0 Å². The van der Waals surface area contributed by atoms with Crippen LogP contribution in [0.4, 0.5) is 0 Å². The van der Waals surface area contributed by atoms with Crippen molar-refractivity contribution in [2.75, 3.05) is 0 Å². The van der Waals surface area contributed by atoms with E-state index in [4.69, 9.17) is 4.98 Å². The molecule has 1 heterocycles. The number of hydrogen-bond donors (Lipinski definition) is 0. The van der Waals surface area contributed by atoms with Crippen molar-refractivity contribution in [1.29, 1.82) is 0 Å². The highest BCUT2D eigenvalue weighted by atomic mass is 14.7. The minimum absolute atomic E-state index is 1.03. The van der Waals surface area contributed by atoms with Crippen molar-refractivity contribution in [2.24, 2.45) is 0 Å². The largest absolute Gasteiger partial charge is 0.256 e. The molecule has 1 heteroatoms. The Morgan fingerprint density at radius 1 is 0.286 bits per heavy atom. The van der Waals surface area contributed by atoms with Crippen LogP contribution in [0.5, 0.6) is 0 Å². The number of hydrogen-bond acceptors (Lipinski definition) is 1. The van der Waals surface area contributed by atoms with Crippen molar-refractivity contribution in [2.45, 2.75) is 0 Å². The predicted octanol–water partition coefficient (Wildman–Crippen LogP) is 11.3. The van der Waals surface area contributed by atoms with Gasteiger partial charge in [-0.05, 0) is 77.6 Å². The van der Waals surface area contributed by atoms with Gasteiger partial charge in [0.1, 0.15) is 0 Å². The standard InChI is InChI=1S/C41H25N/c1-5-16-30-26(12-1)24-27-13-2-6-17-31(27)37(30)39-34-20-9-10-21-35(34)40(41-36(39)22-11-23-42-41)38-32-18-7-3-14-28(32)25-29-15-4-8-19-33(29)38/h1-25H. The fourth-order valence-electron chi connectivity index (χ4n) is 7.09. The molecule has 0 saturated carbocycles. The van der Waals surface area contributed by atoms with E-state index in [1.54, 1.807) is 0 Å². The van der Waals surface area contributed by atoms with Crippen LogP contribution in [-0.2, 0) is 0 Å². The summed E-state index contributed by atoms with van der Waals surface area (Å²) < 4.78 is 0. The molecule has 0 saturated heterocycles. The first-order valence-electron chi connectivity index (χ1n) is 14.5. The molecule has 42 heavy (non-hydrogen) atoms. The van der Waals surface area contributed by atoms with Gasteiger partial charge < -0.3 is 0 Å². The number of pyridine rings is 1. The third-order valence-corrected chi connectivity index (χ3v) is 8.82. The van der Waals surface area contributed by atoms with Crippen molar-refractivity contribution in [3.05, 3.63) is 152 Å². The number of benzene rings is 8. The van der Waals surface area contributed by atoms with Gasteiger partial charge in [0.05, 0.1) is 5.52 Å². The molecule has 0 N–H and O–H groups in total. The van der Waals surface area contributed by atoms with Crippen LogP contribution in [0, 0.1) is 0 Å². The van der Waals surface area contributed by atoms with Gasteiger partial charge in [0.15, 0.2) is 0 Å². The van der Waals surface area contributed by atoms with Gasteiger partial charge in [-0.1, -0.05) is 127 Å². The lowest BCUT2D eigenvalue weighted by Crippen LogP contribution is -1.95. The Bertz CT molecular complexity index is 2180. The number of fused-ring (bicyclic) bond motifs is 6. The summed E-state index contributed by atoms with van der Waals surface area (Å²) in [5.41, 5.74) is 5.99. The molecule has 0 unspecified atom stereocenters. The molecule has 0 atom stereocenters. The zero-order chi connectivity index (χ0) is 27.6. The molecule has 0 bridgehead atoms. The maximum absolute atomic E-state index is 5.17. The van der Waals surface area contributed by atoms with Crippen LogP contribution < -0.4 is 0 Å². The molecule has 1 nitrogen and oxygen atoms in total. The zero-order valence-electron chi connectivity index (χ0n) is 22.9. The fourth-order valence-corrected chi connectivity index (χ4v) is 7.09. The fraction of sp³-hybridized carbons (Fsp3) is 0. The van der Waals surface area contributed by atoms with E-state index in [1.165, 1.54) is 81.5 Å². The van der Waals surface area contributed by atoms with E-state index in [0.717, 1.165) is 5.52 Å². The Labute approximate surface area is 243 Å². The monoisotopic (exact) mass is 531 g/mol. The average Bonchev–Trinajstić information content (AvgIpc) is 3.05. The molecule has 194 valence electrons. The Balaban J connectivity index is 1.55. The molecule has 0 aliphatic heterocycles. The molecular formula is C41H25N. The summed E-state index contributed by atoms with van der Waals surface area (Å²) in [6, 6.07) is 52.9. The van der Waals surface area contributed by atoms with E-state index in [0.29, 0.717) is 0 Å². The van der Waals surface area contributed by atoms with Gasteiger partial charge in [-0.25, -0.2) is 0 Å². The molecule has 0 aliphatic rings. The first kappa shape index (κ1) is 23.2. The van der Waals surface area contributed by atoms with Gasteiger partial charge in [0.2, 0.25) is 0 Å². The lowest BCUT2D eigenvalue weighted by atomic mass is 9.82. The second kappa shape index (κ2) is 8.99. The van der Waals surface area contributed by atoms with Crippen molar-refractivity contribution < 1.29 is 0 Å². The van der Waals surface area contributed by atoms with Crippen LogP contribution in [0.2, 0.25) is 0 Å². The van der Waals surface area contributed by atoms with E-state index in [1.807, 2.05) is 6.20 Å². The Kier molecular flexibility index (Phi) is 4.97. The molecule has 0 aliphatic carbocycles. The molecule has 1 aromatic heterocycles. The molecule has 0 radical (unpaired) electrons. The summed E-state index contributed by atoms with van der Waals surface area (Å²) in [6.07, 6.45) is 1.94. The average molecular weight is 532 g/mol. The first-order valence-corrected chi connectivity index (χ1v) is 14.5. The summed E-state index contributed by atoms with van der Waals surface area (Å²) in [5.74, 6) is 0. The van der Waals surface area contributed by atoms with Crippen LogP contribution in [0.25, 0.3) is 87.0 Å². The van der Waals surface area contributed by atoms with E-state index in [-0.39, 0.29) is 0 Å². The third-order valence-electron chi connectivity index (χ3n) is 8.82. The molecule has 0 fully saturated rings. The van der Waals surface area contributed by atoms with Crippen molar-refractivity contribution in [1.82, 2.24) is 4.98 Å². The molecule has 0 amide bonds. The van der Waals surface area contributed by atoms with Crippen molar-refractivity contribution >= 4 is 64.8 Å². The summed E-state index contributed by atoms with van der Waals surface area (Å²) >= 11 is 0. The van der Waals surface area contributed by atoms with Gasteiger partial charge in [-0.3, -0.25) is 4.98 Å². The number of nitrogens with zero attached hydrogens (tertiary/aromatic N) is 1. The van der Waals surface area contributed by atoms with Crippen LogP contribution in [0.1, 0.15) is 0 Å². The first-order chi connectivity index (χ1) is 20.9. The van der Waals surface area contributed by atoms with Gasteiger partial charge >= 0.3 is 0 Å². The van der Waals surface area contributed by atoms with Gasteiger partial charge in [0, 0.05) is 28.3 Å². The highest BCUT2D eigenvalue weighted by Crippen LogP contribution is 2.49. The summed E-state index contributed by atoms with van der Waals surface area (Å²) in [7, 11) is 0. The van der Waals surface area contributed by atoms with Crippen LogP contribution in [0.15, 0.2) is 152 Å². The van der Waals surface area contributed by atoms with E-state index in [2.05, 4.69) is 146 Å². The normalized spacial score (nSPS) is 11.8. The summed E-state index contributed by atoms with van der Waals surface area (Å²) in [5, 5.41) is 13.6. The third kappa shape index (κ3) is 3.28. The predicted molar refractivity (Wildman–Crippen MR) is 180 cm³/mol. The second-order valence-corrected chi connectivity index (χ2v) is 11.1. The lowest BCUT2D eigenvalue weighted by Gasteiger charge is -2.21. The lowest BCUT2D eigenvalue weighted by molar-refractivity contribution is 1.42. The molecule has 9 aromatic rings. The SMILES string of the molecule is c1ccc2c(-c3c4ccccc4c(-c4c5ccccc5cc5ccccc45)c4ncccc34)c3ccccc3cc2c1. The Hall–Kier alpha value is -5.53.